The molecule has 24 heavy (non-hydrogen) atoms. The van der Waals surface area contributed by atoms with Gasteiger partial charge in [-0.3, -0.25) is 20.0 Å². The van der Waals surface area contributed by atoms with Crippen LogP contribution >= 0.6 is 0 Å². The first-order valence-corrected chi connectivity index (χ1v) is 6.92. The Morgan fingerprint density at radius 2 is 2.29 bits per heavy atom. The molecule has 1 amide bonds. The number of phenolic OH excluding ortho intramolecular Hbond substituents is 1. The van der Waals surface area contributed by atoms with E-state index in [1.807, 2.05) is 0 Å². The highest BCUT2D eigenvalue weighted by atomic mass is 16.6. The molecule has 0 fully saturated rings. The summed E-state index contributed by atoms with van der Waals surface area (Å²) in [5, 5.41) is 31.0. The van der Waals surface area contributed by atoms with Crippen molar-refractivity contribution in [2.75, 3.05) is 6.61 Å². The van der Waals surface area contributed by atoms with Crippen molar-refractivity contribution < 1.29 is 19.6 Å². The van der Waals surface area contributed by atoms with E-state index in [-0.39, 0.29) is 35.1 Å². The van der Waals surface area contributed by atoms with Gasteiger partial charge >= 0.3 is 0 Å². The van der Waals surface area contributed by atoms with Gasteiger partial charge in [0.1, 0.15) is 0 Å². The third-order valence-corrected chi connectivity index (χ3v) is 2.91. The number of carbonyl (C=O) groups is 1. The summed E-state index contributed by atoms with van der Waals surface area (Å²) in [5.74, 6) is -0.913. The fourth-order valence-electron chi connectivity index (χ4n) is 1.84. The largest absolute Gasteiger partial charge is 0.504 e. The molecule has 0 aliphatic rings. The van der Waals surface area contributed by atoms with Gasteiger partial charge in [0.25, 0.3) is 11.6 Å². The first-order chi connectivity index (χ1) is 11.4. The van der Waals surface area contributed by atoms with E-state index in [0.717, 1.165) is 18.3 Å². The number of nitro groups is 1. The van der Waals surface area contributed by atoms with Crippen molar-refractivity contribution in [3.63, 3.8) is 0 Å². The lowest BCUT2D eigenvalue weighted by Crippen LogP contribution is -2.18. The summed E-state index contributed by atoms with van der Waals surface area (Å²) < 4.78 is 5.15. The summed E-state index contributed by atoms with van der Waals surface area (Å²) >= 11 is 0. The van der Waals surface area contributed by atoms with Crippen molar-refractivity contribution in [2.45, 2.75) is 13.8 Å². The Morgan fingerprint density at radius 1 is 1.54 bits per heavy atom. The summed E-state index contributed by atoms with van der Waals surface area (Å²) in [4.78, 5) is 22.1. The second-order valence-electron chi connectivity index (χ2n) is 4.71. The number of nitrogens with one attached hydrogen (secondary N) is 2. The molecule has 0 saturated heterocycles. The van der Waals surface area contributed by atoms with Gasteiger partial charge in [-0.15, -0.1) is 0 Å². The second kappa shape index (κ2) is 7.22. The van der Waals surface area contributed by atoms with E-state index in [1.54, 1.807) is 13.8 Å². The lowest BCUT2D eigenvalue weighted by atomic mass is 10.1. The smallest absolute Gasteiger partial charge is 0.291 e. The van der Waals surface area contributed by atoms with Crippen LogP contribution in [0.15, 0.2) is 23.3 Å². The number of aromatic hydroxyl groups is 1. The number of nitrogens with zero attached hydrogens (tertiary/aromatic N) is 3. The van der Waals surface area contributed by atoms with E-state index in [0.29, 0.717) is 5.69 Å². The van der Waals surface area contributed by atoms with Gasteiger partial charge in [0.2, 0.25) is 0 Å². The molecule has 0 spiro atoms. The minimum atomic E-state index is -0.621. The molecule has 0 aliphatic carbocycles. The molecular weight excluding hydrogens is 318 g/mol. The number of aromatic amines is 1. The minimum absolute atomic E-state index is 0.0335. The number of hydrogen-bond donors (Lipinski definition) is 3. The van der Waals surface area contributed by atoms with Gasteiger partial charge < -0.3 is 9.84 Å². The van der Waals surface area contributed by atoms with Gasteiger partial charge in [-0.2, -0.15) is 10.2 Å². The zero-order chi connectivity index (χ0) is 17.7. The van der Waals surface area contributed by atoms with Crippen LogP contribution in [-0.2, 0) is 0 Å². The molecule has 10 nitrogen and oxygen atoms in total. The van der Waals surface area contributed by atoms with Gasteiger partial charge in [0, 0.05) is 17.3 Å². The van der Waals surface area contributed by atoms with E-state index < -0.39 is 10.8 Å². The quantitative estimate of drug-likeness (QED) is 0.415. The minimum Gasteiger partial charge on any atom is -0.504 e. The van der Waals surface area contributed by atoms with Gasteiger partial charge in [0.15, 0.2) is 17.2 Å². The Hall–Kier alpha value is -3.43. The van der Waals surface area contributed by atoms with Crippen LogP contribution in [0.1, 0.15) is 28.7 Å². The molecular formula is C14H15N5O5. The molecule has 126 valence electrons. The lowest BCUT2D eigenvalue weighted by molar-refractivity contribution is -0.385. The van der Waals surface area contributed by atoms with E-state index in [2.05, 4.69) is 20.7 Å². The van der Waals surface area contributed by atoms with Crippen LogP contribution in [0.4, 0.5) is 5.69 Å². The number of amides is 1. The van der Waals surface area contributed by atoms with Gasteiger partial charge in [0.05, 0.1) is 23.8 Å². The fraction of sp³-hybridized carbons (Fsp3) is 0.214. The number of aromatic nitrogens is 2. The van der Waals surface area contributed by atoms with Crippen LogP contribution in [0.2, 0.25) is 0 Å². The fourth-order valence-corrected chi connectivity index (χ4v) is 1.84. The van der Waals surface area contributed by atoms with E-state index in [1.165, 1.54) is 6.07 Å². The molecule has 0 bridgehead atoms. The van der Waals surface area contributed by atoms with E-state index in [9.17, 15) is 20.0 Å². The first-order valence-electron chi connectivity index (χ1n) is 6.92. The molecule has 0 unspecified atom stereocenters. The molecule has 1 aromatic carbocycles. The number of non-ortho nitro benzene ring substituents is 1. The number of aryl methyl sites for hydroxylation is 1. The van der Waals surface area contributed by atoms with E-state index in [4.69, 9.17) is 4.74 Å². The second-order valence-corrected chi connectivity index (χ2v) is 4.71. The zero-order valence-corrected chi connectivity index (χ0v) is 12.9. The molecule has 0 radical (unpaired) electrons. The molecule has 2 rings (SSSR count). The third kappa shape index (κ3) is 3.85. The summed E-state index contributed by atoms with van der Waals surface area (Å²) in [6.07, 6.45) is 1.09. The van der Waals surface area contributed by atoms with Crippen LogP contribution in [-0.4, -0.2) is 39.0 Å². The van der Waals surface area contributed by atoms with Crippen molar-refractivity contribution >= 4 is 17.8 Å². The number of hydrogen-bond acceptors (Lipinski definition) is 7. The lowest BCUT2D eigenvalue weighted by Gasteiger charge is -2.07. The molecule has 2 aromatic rings. The molecule has 1 heterocycles. The Morgan fingerprint density at radius 3 is 2.88 bits per heavy atom. The van der Waals surface area contributed by atoms with Crippen molar-refractivity contribution in [3.05, 3.63) is 45.3 Å². The molecule has 0 atom stereocenters. The summed E-state index contributed by atoms with van der Waals surface area (Å²) in [7, 11) is 0. The Balaban J connectivity index is 2.21. The predicted octanol–water partition coefficient (Wildman–Crippen LogP) is 1.49. The number of H-pyrrole nitrogens is 1. The normalized spacial score (nSPS) is 10.8. The number of ether oxygens (including phenoxy) is 1. The van der Waals surface area contributed by atoms with Crippen LogP contribution in [0.25, 0.3) is 0 Å². The molecule has 1 aromatic heterocycles. The highest BCUT2D eigenvalue weighted by molar-refractivity contribution is 5.93. The number of rotatable bonds is 6. The highest BCUT2D eigenvalue weighted by Gasteiger charge is 2.16. The monoisotopic (exact) mass is 333 g/mol. The SMILES string of the molecule is CCOc1cc([N+](=O)[O-])cc(/C=N\NC(=O)c2cc(C)[nH]n2)c1O. The average Bonchev–Trinajstić information content (AvgIpc) is 2.97. The maximum atomic E-state index is 11.8. The number of carbonyl (C=O) groups excluding carboxylic acids is 1. The maximum absolute atomic E-state index is 11.8. The molecule has 10 heteroatoms. The number of nitro benzene ring substituents is 1. The Bertz CT molecular complexity index is 799. The molecule has 3 N–H and O–H groups in total. The zero-order valence-electron chi connectivity index (χ0n) is 12.9. The predicted molar refractivity (Wildman–Crippen MR) is 84.3 cm³/mol. The first kappa shape index (κ1) is 16.9. The maximum Gasteiger partial charge on any atom is 0.291 e. The molecule has 0 saturated carbocycles. The van der Waals surface area contributed by atoms with Crippen LogP contribution in [0.5, 0.6) is 11.5 Å². The van der Waals surface area contributed by atoms with Crippen LogP contribution in [0, 0.1) is 17.0 Å². The average molecular weight is 333 g/mol. The van der Waals surface area contributed by atoms with Gasteiger partial charge in [-0.05, 0) is 19.9 Å². The Kier molecular flexibility index (Phi) is 5.09. The topological polar surface area (TPSA) is 143 Å². The summed E-state index contributed by atoms with van der Waals surface area (Å²) in [6.45, 7) is 3.64. The highest BCUT2D eigenvalue weighted by Crippen LogP contribution is 2.33. The van der Waals surface area contributed by atoms with Crippen molar-refractivity contribution in [2.24, 2.45) is 5.10 Å². The number of phenols is 1. The Labute approximate surface area is 136 Å². The van der Waals surface area contributed by atoms with Gasteiger partial charge in [-0.1, -0.05) is 0 Å². The van der Waals surface area contributed by atoms with Crippen LogP contribution < -0.4 is 10.2 Å². The number of benzene rings is 1. The van der Waals surface area contributed by atoms with Crippen molar-refractivity contribution in [3.8, 4) is 11.5 Å². The van der Waals surface area contributed by atoms with E-state index >= 15 is 0 Å². The number of hydrazone groups is 1. The molecule has 0 aliphatic heterocycles. The van der Waals surface area contributed by atoms with Crippen LogP contribution in [0.3, 0.4) is 0 Å². The van der Waals surface area contributed by atoms with Gasteiger partial charge in [-0.25, -0.2) is 5.43 Å². The third-order valence-electron chi connectivity index (χ3n) is 2.91. The summed E-state index contributed by atoms with van der Waals surface area (Å²) in [6, 6.07) is 3.76. The van der Waals surface area contributed by atoms with Crippen molar-refractivity contribution in [1.82, 2.24) is 15.6 Å². The summed E-state index contributed by atoms with van der Waals surface area (Å²) in [5.41, 5.74) is 2.83. The van der Waals surface area contributed by atoms with Crippen molar-refractivity contribution in [1.29, 1.82) is 0 Å². The standard InChI is InChI=1S/C14H15N5O5/c1-3-24-12-6-10(19(22)23)5-9(13(12)20)7-15-18-14(21)11-4-8(2)16-17-11/h4-7,20H,3H2,1-2H3,(H,16,17)(H,18,21)/b15-7-.